The minimum atomic E-state index is -0.398. The fourth-order valence-electron chi connectivity index (χ4n) is 3.96. The van der Waals surface area contributed by atoms with Crippen LogP contribution in [0.25, 0.3) is 11.3 Å². The topological polar surface area (TPSA) is 84.5 Å². The Kier molecular flexibility index (Phi) is 9.07. The Morgan fingerprint density at radius 1 is 1.26 bits per heavy atom. The molecule has 0 amide bonds. The molecule has 0 bridgehead atoms. The lowest BCUT2D eigenvalue weighted by Crippen LogP contribution is -2.14. The molecule has 2 aromatic heterocycles. The molecule has 0 spiro atoms. The van der Waals surface area contributed by atoms with Crippen molar-refractivity contribution < 1.29 is 4.39 Å². The summed E-state index contributed by atoms with van der Waals surface area (Å²) in [6.45, 7) is 21.6. The van der Waals surface area contributed by atoms with Gasteiger partial charge in [-0.2, -0.15) is 0 Å². The fourth-order valence-corrected chi connectivity index (χ4v) is 3.96. The first kappa shape index (κ1) is 28.2. The van der Waals surface area contributed by atoms with E-state index in [0.717, 1.165) is 39.7 Å². The lowest BCUT2D eigenvalue weighted by atomic mass is 9.98. The summed E-state index contributed by atoms with van der Waals surface area (Å²) in [5.74, 6) is 0.561. The third-order valence-corrected chi connectivity index (χ3v) is 6.18. The van der Waals surface area contributed by atoms with Gasteiger partial charge < -0.3 is 20.6 Å². The van der Waals surface area contributed by atoms with Gasteiger partial charge in [-0.3, -0.25) is 0 Å². The molecule has 0 radical (unpaired) electrons. The fraction of sp³-hybridized carbons (Fsp3) is 0.226. The van der Waals surface area contributed by atoms with Crippen LogP contribution in [0.1, 0.15) is 54.8 Å². The quantitative estimate of drug-likeness (QED) is 0.194. The summed E-state index contributed by atoms with van der Waals surface area (Å²) in [4.78, 5) is 12.5. The number of benzene rings is 1. The molecule has 3 aromatic rings. The summed E-state index contributed by atoms with van der Waals surface area (Å²) in [6, 6.07) is 3.15. The number of nitrogens with two attached hydrogens (primary N) is 1. The van der Waals surface area contributed by atoms with E-state index in [0.29, 0.717) is 29.1 Å². The average molecular weight is 513 g/mol. The van der Waals surface area contributed by atoms with Crippen molar-refractivity contribution >= 4 is 17.0 Å². The number of rotatable bonds is 11. The summed E-state index contributed by atoms with van der Waals surface area (Å²) >= 11 is 0. The lowest BCUT2D eigenvalue weighted by Gasteiger charge is -2.15. The van der Waals surface area contributed by atoms with Crippen LogP contribution in [0, 0.1) is 25.6 Å². The van der Waals surface area contributed by atoms with E-state index in [2.05, 4.69) is 35.0 Å². The molecule has 0 saturated carbocycles. The molecule has 0 fully saturated rings. The Hall–Kier alpha value is -4.39. The highest BCUT2D eigenvalue weighted by Gasteiger charge is 2.17. The molecule has 4 N–H and O–H groups in total. The molecule has 38 heavy (non-hydrogen) atoms. The summed E-state index contributed by atoms with van der Waals surface area (Å²) in [7, 11) is 0. The van der Waals surface area contributed by atoms with Crippen molar-refractivity contribution in [3.8, 4) is 0 Å². The highest BCUT2D eigenvalue weighted by Crippen LogP contribution is 2.28. The number of anilines is 1. The SMILES string of the molecule is C=C/C=C(\c1nc(Cc2cc(C(/C=C(\C=C)NC(=C)C(C)C)=C/C)c(F)cc2N)[nH]c1C)n1cnc(C)c1. The van der Waals surface area contributed by atoms with E-state index in [1.807, 2.05) is 63.6 Å². The van der Waals surface area contributed by atoms with E-state index in [1.165, 1.54) is 6.07 Å². The molecule has 0 atom stereocenters. The van der Waals surface area contributed by atoms with Crippen molar-refractivity contribution in [1.29, 1.82) is 0 Å². The summed E-state index contributed by atoms with van der Waals surface area (Å²) in [6.07, 6.45) is 13.1. The van der Waals surface area contributed by atoms with E-state index < -0.39 is 5.82 Å². The van der Waals surface area contributed by atoms with Gasteiger partial charge in [0.25, 0.3) is 0 Å². The van der Waals surface area contributed by atoms with Crippen LogP contribution in [0.5, 0.6) is 0 Å². The second-order valence-electron chi connectivity index (χ2n) is 9.43. The Balaban J connectivity index is 1.97. The first-order valence-corrected chi connectivity index (χ1v) is 12.5. The number of halogens is 1. The number of aromatic nitrogens is 4. The van der Waals surface area contributed by atoms with Crippen LogP contribution in [-0.4, -0.2) is 19.5 Å². The molecule has 0 aliphatic heterocycles. The third-order valence-electron chi connectivity index (χ3n) is 6.18. The monoisotopic (exact) mass is 512 g/mol. The lowest BCUT2D eigenvalue weighted by molar-refractivity contribution is 0.624. The zero-order valence-corrected chi connectivity index (χ0v) is 22.9. The predicted octanol–water partition coefficient (Wildman–Crippen LogP) is 6.84. The highest BCUT2D eigenvalue weighted by atomic mass is 19.1. The number of allylic oxidation sites excluding steroid dienone is 7. The van der Waals surface area contributed by atoms with Gasteiger partial charge in [0, 0.05) is 41.0 Å². The molecule has 2 heterocycles. The minimum absolute atomic E-state index is 0.244. The molecular weight excluding hydrogens is 475 g/mol. The molecule has 198 valence electrons. The average Bonchev–Trinajstić information content (AvgIpc) is 3.46. The van der Waals surface area contributed by atoms with Crippen LogP contribution in [0.4, 0.5) is 10.1 Å². The molecule has 0 aliphatic rings. The van der Waals surface area contributed by atoms with Crippen LogP contribution >= 0.6 is 0 Å². The van der Waals surface area contributed by atoms with Crippen LogP contribution in [-0.2, 0) is 6.42 Å². The number of nitrogens with one attached hydrogen (secondary N) is 2. The highest BCUT2D eigenvalue weighted by molar-refractivity contribution is 5.77. The predicted molar refractivity (Wildman–Crippen MR) is 157 cm³/mol. The molecule has 0 aliphatic carbocycles. The summed E-state index contributed by atoms with van der Waals surface area (Å²) < 4.78 is 17.1. The Labute approximate surface area is 224 Å². The second kappa shape index (κ2) is 12.2. The molecule has 0 saturated heterocycles. The van der Waals surface area contributed by atoms with Crippen LogP contribution in [0.2, 0.25) is 0 Å². The van der Waals surface area contributed by atoms with Gasteiger partial charge in [0.1, 0.15) is 17.3 Å². The van der Waals surface area contributed by atoms with Gasteiger partial charge in [-0.1, -0.05) is 45.7 Å². The Morgan fingerprint density at radius 3 is 2.58 bits per heavy atom. The van der Waals surface area contributed by atoms with E-state index in [-0.39, 0.29) is 5.92 Å². The van der Waals surface area contributed by atoms with Crippen molar-refractivity contribution in [3.05, 3.63) is 126 Å². The number of H-pyrrole nitrogens is 1. The zero-order chi connectivity index (χ0) is 28.0. The van der Waals surface area contributed by atoms with E-state index in [1.54, 1.807) is 24.5 Å². The van der Waals surface area contributed by atoms with Crippen molar-refractivity contribution in [2.24, 2.45) is 5.92 Å². The van der Waals surface area contributed by atoms with Crippen molar-refractivity contribution in [3.63, 3.8) is 0 Å². The smallest absolute Gasteiger partial charge is 0.133 e. The summed E-state index contributed by atoms with van der Waals surface area (Å²) in [5, 5.41) is 3.26. The largest absolute Gasteiger partial charge is 0.398 e. The maximum atomic E-state index is 15.1. The van der Waals surface area contributed by atoms with Crippen molar-refractivity contribution in [2.45, 2.75) is 41.0 Å². The standard InChI is InChI=1S/C31H37FN6/c1-9-12-29(38-17-20(6)34-18-38)31-22(8)36-30(37-31)15-24-14-26(27(32)16-28(24)33)23(10-2)13-25(11-3)35-21(7)19(4)5/h9-14,16-19,35H,1,3,7,15,33H2,2,4-6,8H3,(H,36,37)/b23-10+,25-13+,29-12+. The van der Waals surface area contributed by atoms with Gasteiger partial charge in [-0.05, 0) is 68.2 Å². The molecule has 3 rings (SSSR count). The van der Waals surface area contributed by atoms with Gasteiger partial charge in [0.15, 0.2) is 0 Å². The number of aryl methyl sites for hydroxylation is 2. The number of hydrogen-bond acceptors (Lipinski definition) is 4. The molecule has 6 nitrogen and oxygen atoms in total. The minimum Gasteiger partial charge on any atom is -0.398 e. The second-order valence-corrected chi connectivity index (χ2v) is 9.43. The molecule has 7 heteroatoms. The zero-order valence-electron chi connectivity index (χ0n) is 22.9. The maximum absolute atomic E-state index is 15.1. The third kappa shape index (κ3) is 6.48. The maximum Gasteiger partial charge on any atom is 0.133 e. The van der Waals surface area contributed by atoms with Crippen LogP contribution in [0.15, 0.2) is 86.2 Å². The normalized spacial score (nSPS) is 12.7. The van der Waals surface area contributed by atoms with E-state index in [9.17, 15) is 0 Å². The van der Waals surface area contributed by atoms with Crippen molar-refractivity contribution in [2.75, 3.05) is 5.73 Å². The van der Waals surface area contributed by atoms with Gasteiger partial charge in [-0.25, -0.2) is 14.4 Å². The number of hydrogen-bond donors (Lipinski definition) is 3. The molecular formula is C31H37FN6. The van der Waals surface area contributed by atoms with Crippen LogP contribution < -0.4 is 11.1 Å². The molecule has 1 aromatic carbocycles. The number of nitrogen functional groups attached to an aromatic ring is 1. The van der Waals surface area contributed by atoms with Crippen molar-refractivity contribution in [1.82, 2.24) is 24.8 Å². The van der Waals surface area contributed by atoms with Gasteiger partial charge >= 0.3 is 0 Å². The van der Waals surface area contributed by atoms with E-state index >= 15 is 4.39 Å². The van der Waals surface area contributed by atoms with Gasteiger partial charge in [-0.15, -0.1) is 0 Å². The first-order chi connectivity index (χ1) is 18.1. The van der Waals surface area contributed by atoms with Crippen LogP contribution in [0.3, 0.4) is 0 Å². The van der Waals surface area contributed by atoms with Gasteiger partial charge in [0.05, 0.1) is 17.7 Å². The number of imidazole rings is 2. The van der Waals surface area contributed by atoms with E-state index in [4.69, 9.17) is 10.7 Å². The molecule has 0 unspecified atom stereocenters. The first-order valence-electron chi connectivity index (χ1n) is 12.5. The Morgan fingerprint density at radius 2 is 2.00 bits per heavy atom. The number of nitrogens with zero attached hydrogens (tertiary/aromatic N) is 3. The Bertz CT molecular complexity index is 1440. The summed E-state index contributed by atoms with van der Waals surface area (Å²) in [5.41, 5.74) is 13.5. The van der Waals surface area contributed by atoms with Gasteiger partial charge in [0.2, 0.25) is 0 Å². The number of aromatic amines is 1.